The van der Waals surface area contributed by atoms with E-state index in [1.807, 2.05) is 0 Å². The summed E-state index contributed by atoms with van der Waals surface area (Å²) in [7, 11) is 0. The number of rotatable bonds is 22. The molecule has 0 spiro atoms. The van der Waals surface area contributed by atoms with E-state index in [1.54, 1.807) is 16.7 Å². The van der Waals surface area contributed by atoms with Crippen LogP contribution in [0, 0.1) is 0 Å². The predicted molar refractivity (Wildman–Crippen MR) is 313 cm³/mol. The minimum Gasteiger partial charge on any atom is -0.310 e. The summed E-state index contributed by atoms with van der Waals surface area (Å²) in [5, 5.41) is 0. The van der Waals surface area contributed by atoms with E-state index in [0.717, 1.165) is 0 Å². The molecule has 1 saturated carbocycles. The molecule has 0 amide bonds. The summed E-state index contributed by atoms with van der Waals surface area (Å²) >= 11 is 0. The third-order valence-electron chi connectivity index (χ3n) is 17.5. The van der Waals surface area contributed by atoms with Gasteiger partial charge in [-0.05, 0) is 179 Å². The van der Waals surface area contributed by atoms with Crippen LogP contribution in [0.1, 0.15) is 220 Å². The van der Waals surface area contributed by atoms with Gasteiger partial charge < -0.3 is 4.90 Å². The highest BCUT2D eigenvalue weighted by Gasteiger charge is 2.41. The normalized spacial score (nSPS) is 16.8. The van der Waals surface area contributed by atoms with Gasteiger partial charge in [-0.15, -0.1) is 0 Å². The Labute approximate surface area is 436 Å². The third-order valence-corrected chi connectivity index (χ3v) is 17.5. The first-order chi connectivity index (χ1) is 35.4. The highest BCUT2D eigenvalue weighted by atomic mass is 15.1. The summed E-state index contributed by atoms with van der Waals surface area (Å²) in [4.78, 5) is 2.54. The maximum atomic E-state index is 2.67. The zero-order chi connectivity index (χ0) is 50.0. The maximum absolute atomic E-state index is 2.67. The van der Waals surface area contributed by atoms with Crippen molar-refractivity contribution in [1.82, 2.24) is 0 Å². The van der Waals surface area contributed by atoms with Crippen LogP contribution in [-0.2, 0) is 5.41 Å². The molecule has 0 saturated heterocycles. The van der Waals surface area contributed by atoms with Crippen molar-refractivity contribution < 1.29 is 0 Å². The fourth-order valence-electron chi connectivity index (χ4n) is 13.3. The van der Waals surface area contributed by atoms with E-state index in [9.17, 15) is 0 Å². The van der Waals surface area contributed by atoms with Gasteiger partial charge in [-0.2, -0.15) is 0 Å². The Balaban J connectivity index is 1.20. The van der Waals surface area contributed by atoms with Crippen molar-refractivity contribution in [3.8, 4) is 33.4 Å². The lowest BCUT2D eigenvalue weighted by molar-refractivity contribution is 0.443. The smallest absolute Gasteiger partial charge is 0.0540 e. The van der Waals surface area contributed by atoms with Gasteiger partial charge in [0.1, 0.15) is 0 Å². The molecule has 2 aliphatic rings. The summed E-state index contributed by atoms with van der Waals surface area (Å²) < 4.78 is 0. The van der Waals surface area contributed by atoms with Gasteiger partial charge in [-0.3, -0.25) is 0 Å². The molecular weight excluding hydrogens is 867 g/mol. The zero-order valence-corrected chi connectivity index (χ0v) is 45.3. The number of fused-ring (bicyclic) bond motifs is 3. The van der Waals surface area contributed by atoms with Crippen LogP contribution in [-0.4, -0.2) is 0 Å². The lowest BCUT2D eigenvalue weighted by atomic mass is 9.73. The largest absolute Gasteiger partial charge is 0.310 e. The molecule has 2 aliphatic carbocycles. The highest BCUT2D eigenvalue weighted by molar-refractivity contribution is 5.91. The number of anilines is 3. The lowest BCUT2D eigenvalue weighted by Crippen LogP contribution is -2.23. The van der Waals surface area contributed by atoms with Crippen LogP contribution < -0.4 is 4.90 Å². The van der Waals surface area contributed by atoms with Crippen molar-refractivity contribution in [3.63, 3.8) is 0 Å². The van der Waals surface area contributed by atoms with Gasteiger partial charge in [0.05, 0.1) is 5.69 Å². The quantitative estimate of drug-likeness (QED) is 0.0654. The van der Waals surface area contributed by atoms with E-state index in [4.69, 9.17) is 0 Å². The van der Waals surface area contributed by atoms with E-state index < -0.39 is 0 Å². The van der Waals surface area contributed by atoms with E-state index in [1.165, 1.54) is 182 Å². The third kappa shape index (κ3) is 10.4. The summed E-state index contributed by atoms with van der Waals surface area (Å²) in [6.45, 7) is 16.9. The zero-order valence-electron chi connectivity index (χ0n) is 45.3. The molecule has 7 aromatic rings. The second-order valence-electron chi connectivity index (χ2n) is 21.9. The topological polar surface area (TPSA) is 3.24 Å². The van der Waals surface area contributed by atoms with E-state index in [0.29, 0.717) is 23.7 Å². The Morgan fingerprint density at radius 1 is 0.458 bits per heavy atom. The number of benzene rings is 7. The molecule has 7 aromatic carbocycles. The Hall–Kier alpha value is -5.66. The molecule has 1 heteroatoms. The summed E-state index contributed by atoms with van der Waals surface area (Å²) in [5.41, 5.74) is 21.7. The number of para-hydroxylation sites is 1. The molecule has 9 rings (SSSR count). The SMILES string of the molecule is CCCCC(CC)c1cc(-c2ccc(N(c3ccc4c(c3)C(C)(c3ccc(C5CCCCC5)cc3)c3ccccc3-4)c3ccccc3-c3ccccc3)cc2)cc(C(CC)CCCC)c1C(CC)CCCC. The van der Waals surface area contributed by atoms with Gasteiger partial charge in [0.15, 0.2) is 0 Å². The molecule has 0 aromatic heterocycles. The summed E-state index contributed by atoms with van der Waals surface area (Å²) in [6, 6.07) is 61.4. The van der Waals surface area contributed by atoms with Gasteiger partial charge in [0, 0.05) is 22.4 Å². The van der Waals surface area contributed by atoms with E-state index >= 15 is 0 Å². The van der Waals surface area contributed by atoms with Crippen LogP contribution in [0.5, 0.6) is 0 Å². The number of hydrogen-bond donors (Lipinski definition) is 0. The summed E-state index contributed by atoms with van der Waals surface area (Å²) in [6.07, 6.45) is 21.7. The molecule has 374 valence electrons. The molecule has 0 heterocycles. The molecular formula is C71H85N. The van der Waals surface area contributed by atoms with Crippen LogP contribution in [0.2, 0.25) is 0 Å². The highest BCUT2D eigenvalue weighted by Crippen LogP contribution is 2.55. The first-order valence-electron chi connectivity index (χ1n) is 28.9. The van der Waals surface area contributed by atoms with Crippen LogP contribution in [0.4, 0.5) is 17.1 Å². The first-order valence-corrected chi connectivity index (χ1v) is 28.9. The van der Waals surface area contributed by atoms with Gasteiger partial charge in [0.25, 0.3) is 0 Å². The molecule has 0 aliphatic heterocycles. The first kappa shape index (κ1) is 51.2. The monoisotopic (exact) mass is 952 g/mol. The van der Waals surface area contributed by atoms with Gasteiger partial charge >= 0.3 is 0 Å². The lowest BCUT2D eigenvalue weighted by Gasteiger charge is -2.32. The predicted octanol–water partition coefficient (Wildman–Crippen LogP) is 21.9. The minimum absolute atomic E-state index is 0.308. The number of hydrogen-bond acceptors (Lipinski definition) is 1. The van der Waals surface area contributed by atoms with Crippen LogP contribution in [0.25, 0.3) is 33.4 Å². The second kappa shape index (κ2) is 23.9. The molecule has 0 radical (unpaired) electrons. The van der Waals surface area contributed by atoms with E-state index in [-0.39, 0.29) is 5.41 Å². The molecule has 0 bridgehead atoms. The average molecular weight is 952 g/mol. The van der Waals surface area contributed by atoms with Crippen molar-refractivity contribution >= 4 is 17.1 Å². The van der Waals surface area contributed by atoms with Gasteiger partial charge in [-0.1, -0.05) is 227 Å². The number of nitrogens with zero attached hydrogens (tertiary/aromatic N) is 1. The average Bonchev–Trinajstić information content (AvgIpc) is 3.70. The molecule has 4 atom stereocenters. The molecule has 0 N–H and O–H groups in total. The van der Waals surface area contributed by atoms with Gasteiger partial charge in [-0.25, -0.2) is 0 Å². The Bertz CT molecular complexity index is 2790. The van der Waals surface area contributed by atoms with Crippen molar-refractivity contribution in [2.45, 2.75) is 187 Å². The van der Waals surface area contributed by atoms with Crippen molar-refractivity contribution in [3.05, 3.63) is 197 Å². The van der Waals surface area contributed by atoms with Crippen LogP contribution in [0.15, 0.2) is 158 Å². The van der Waals surface area contributed by atoms with Gasteiger partial charge in [0.2, 0.25) is 0 Å². The Morgan fingerprint density at radius 3 is 1.61 bits per heavy atom. The standard InChI is InChI=1S/C71H85N/c1-8-14-27-51(11-4)65-48-58(49-66(52(12-5)28-15-9-2)70(65)53(13-6)29-16-10-3)56-40-44-60(45-41-56)72(69-37-26-24-34-62(69)57-32-21-18-22-33-57)61-46-47-64-63-35-23-25-36-67(63)71(7,68(64)50-61)59-42-38-55(39-43-59)54-30-19-17-20-31-54/h18,21-26,32-54H,8-17,19-20,27-31H2,1-7H3. The van der Waals surface area contributed by atoms with Crippen molar-refractivity contribution in [2.75, 3.05) is 4.90 Å². The minimum atomic E-state index is -0.308. The van der Waals surface area contributed by atoms with Crippen LogP contribution in [0.3, 0.4) is 0 Å². The maximum Gasteiger partial charge on any atom is 0.0540 e. The number of unbranched alkanes of at least 4 members (excludes halogenated alkanes) is 3. The van der Waals surface area contributed by atoms with Crippen molar-refractivity contribution in [2.24, 2.45) is 0 Å². The molecule has 4 unspecified atom stereocenters. The fourth-order valence-corrected chi connectivity index (χ4v) is 13.3. The Morgan fingerprint density at radius 2 is 1.00 bits per heavy atom. The Kier molecular flexibility index (Phi) is 17.0. The molecule has 1 fully saturated rings. The van der Waals surface area contributed by atoms with E-state index in [2.05, 4.69) is 211 Å². The molecule has 1 nitrogen and oxygen atoms in total. The fraction of sp³-hybridized carbons (Fsp3) is 0.408. The second-order valence-corrected chi connectivity index (χ2v) is 21.9. The summed E-state index contributed by atoms with van der Waals surface area (Å²) in [5.74, 6) is 2.45. The van der Waals surface area contributed by atoms with Crippen LogP contribution >= 0.6 is 0 Å². The molecule has 72 heavy (non-hydrogen) atoms. The van der Waals surface area contributed by atoms with Crippen molar-refractivity contribution in [1.29, 1.82) is 0 Å².